The fraction of sp³-hybridized carbons (Fsp3) is 0.667. The molecule has 1 aliphatic heterocycles. The number of hydrogen-bond acceptors (Lipinski definition) is 6. The molecule has 9 nitrogen and oxygen atoms in total. The van der Waals surface area contributed by atoms with Crippen LogP contribution in [0.25, 0.3) is 0 Å². The normalized spacial score (nSPS) is 21.9. The highest BCUT2D eigenvalue weighted by atomic mass is 16.6. The first-order valence-corrected chi connectivity index (χ1v) is 6.41. The lowest BCUT2D eigenvalue weighted by Crippen LogP contribution is -2.69. The van der Waals surface area contributed by atoms with Crippen molar-refractivity contribution in [2.75, 3.05) is 6.61 Å². The zero-order valence-corrected chi connectivity index (χ0v) is 12.3. The largest absolute Gasteiger partial charge is 0.464 e. The van der Waals surface area contributed by atoms with Crippen LogP contribution in [-0.2, 0) is 23.9 Å². The monoisotopic (exact) mass is 301 g/mol. The van der Waals surface area contributed by atoms with Crippen molar-refractivity contribution in [3.05, 3.63) is 0 Å². The number of rotatable bonds is 3. The van der Waals surface area contributed by atoms with E-state index < -0.39 is 41.7 Å². The maximum atomic E-state index is 11.8. The molecule has 9 heteroatoms. The van der Waals surface area contributed by atoms with Gasteiger partial charge >= 0.3 is 12.1 Å². The van der Waals surface area contributed by atoms with Crippen molar-refractivity contribution in [1.82, 2.24) is 16.0 Å². The summed E-state index contributed by atoms with van der Waals surface area (Å²) in [7, 11) is 0. The molecule has 0 saturated carbocycles. The van der Waals surface area contributed by atoms with Crippen LogP contribution in [0.4, 0.5) is 4.79 Å². The minimum atomic E-state index is -1.42. The molecule has 1 heterocycles. The number of piperazine rings is 1. The molecule has 0 aromatic carbocycles. The number of carbonyl (C=O) groups excluding carboxylic acids is 4. The first-order valence-electron chi connectivity index (χ1n) is 6.41. The van der Waals surface area contributed by atoms with Crippen molar-refractivity contribution in [2.24, 2.45) is 0 Å². The number of hydrogen-bond donors (Lipinski definition) is 3. The number of ether oxygens (including phenoxy) is 2. The predicted octanol–water partition coefficient (Wildman–Crippen LogP) is -0.985. The van der Waals surface area contributed by atoms with Gasteiger partial charge in [-0.3, -0.25) is 14.9 Å². The molecule has 0 spiro atoms. The summed E-state index contributed by atoms with van der Waals surface area (Å²) in [5.74, 6) is -2.37. The Labute approximate surface area is 121 Å². The van der Waals surface area contributed by atoms with E-state index in [0.29, 0.717) is 0 Å². The summed E-state index contributed by atoms with van der Waals surface area (Å²) in [6.07, 6.45) is -2.17. The molecule has 118 valence electrons. The molecule has 21 heavy (non-hydrogen) atoms. The summed E-state index contributed by atoms with van der Waals surface area (Å²) < 4.78 is 9.62. The van der Waals surface area contributed by atoms with Crippen molar-refractivity contribution in [3.8, 4) is 0 Å². The summed E-state index contributed by atoms with van der Waals surface area (Å²) in [4.78, 5) is 46.5. The molecule has 0 bridgehead atoms. The Morgan fingerprint density at radius 3 is 2.33 bits per heavy atom. The van der Waals surface area contributed by atoms with Crippen molar-refractivity contribution >= 4 is 23.9 Å². The molecule has 0 aliphatic carbocycles. The molecule has 3 amide bonds. The van der Waals surface area contributed by atoms with E-state index in [9.17, 15) is 19.2 Å². The van der Waals surface area contributed by atoms with Gasteiger partial charge in [-0.2, -0.15) is 0 Å². The molecule has 1 saturated heterocycles. The third-order valence-electron chi connectivity index (χ3n) is 2.28. The second-order valence-corrected chi connectivity index (χ2v) is 5.28. The number of nitrogens with one attached hydrogen (secondary N) is 3. The van der Waals surface area contributed by atoms with Crippen LogP contribution in [0, 0.1) is 0 Å². The Balaban J connectivity index is 2.62. The maximum absolute atomic E-state index is 11.8. The van der Waals surface area contributed by atoms with Crippen molar-refractivity contribution in [3.63, 3.8) is 0 Å². The molecule has 2 atom stereocenters. The first-order chi connectivity index (χ1) is 9.64. The average molecular weight is 301 g/mol. The molecule has 1 fully saturated rings. The molecule has 3 N–H and O–H groups in total. The van der Waals surface area contributed by atoms with Gasteiger partial charge in [-0.1, -0.05) is 0 Å². The Morgan fingerprint density at radius 1 is 1.19 bits per heavy atom. The summed E-state index contributed by atoms with van der Waals surface area (Å²) in [5, 5.41) is 6.57. The van der Waals surface area contributed by atoms with E-state index in [0.717, 1.165) is 0 Å². The highest BCUT2D eigenvalue weighted by molar-refractivity contribution is 6.09. The Morgan fingerprint density at radius 2 is 1.81 bits per heavy atom. The highest BCUT2D eigenvalue weighted by Gasteiger charge is 2.39. The van der Waals surface area contributed by atoms with Crippen LogP contribution in [0.2, 0.25) is 0 Å². The number of amides is 3. The first kappa shape index (κ1) is 16.7. The van der Waals surface area contributed by atoms with Gasteiger partial charge in [-0.25, -0.2) is 9.59 Å². The molecular weight excluding hydrogens is 282 g/mol. The third kappa shape index (κ3) is 4.93. The van der Waals surface area contributed by atoms with Crippen LogP contribution in [0.5, 0.6) is 0 Å². The third-order valence-corrected chi connectivity index (χ3v) is 2.28. The molecular formula is C12H19N3O6. The number of carbonyl (C=O) groups is 4. The van der Waals surface area contributed by atoms with Gasteiger partial charge in [-0.15, -0.1) is 0 Å². The molecule has 1 rings (SSSR count). The molecule has 1 aliphatic rings. The predicted molar refractivity (Wildman–Crippen MR) is 69.9 cm³/mol. The van der Waals surface area contributed by atoms with E-state index in [1.165, 1.54) is 0 Å². The van der Waals surface area contributed by atoms with Crippen LogP contribution in [0.15, 0.2) is 0 Å². The summed E-state index contributed by atoms with van der Waals surface area (Å²) in [5.41, 5.74) is -0.743. The van der Waals surface area contributed by atoms with Gasteiger partial charge < -0.3 is 20.1 Å². The fourth-order valence-electron chi connectivity index (χ4n) is 1.50. The van der Waals surface area contributed by atoms with E-state index in [2.05, 4.69) is 20.7 Å². The highest BCUT2D eigenvalue weighted by Crippen LogP contribution is 2.07. The zero-order chi connectivity index (χ0) is 16.2. The van der Waals surface area contributed by atoms with Crippen molar-refractivity contribution in [2.45, 2.75) is 45.5 Å². The van der Waals surface area contributed by atoms with Crippen LogP contribution < -0.4 is 16.0 Å². The lowest BCUT2D eigenvalue weighted by atomic mass is 10.2. The Bertz CT molecular complexity index is 456. The second-order valence-electron chi connectivity index (χ2n) is 5.28. The van der Waals surface area contributed by atoms with Gasteiger partial charge in [0.25, 0.3) is 11.8 Å². The van der Waals surface area contributed by atoms with Gasteiger partial charge in [0.2, 0.25) is 6.04 Å². The second kappa shape index (κ2) is 6.42. The van der Waals surface area contributed by atoms with Gasteiger partial charge in [-0.05, 0) is 27.7 Å². The van der Waals surface area contributed by atoms with Gasteiger partial charge in [0.05, 0.1) is 6.61 Å². The lowest BCUT2D eigenvalue weighted by Gasteiger charge is -2.29. The SMILES string of the molecule is CCOC(=O)[C@H]1NC(=O)[C@@H](NC(=O)OC(C)(C)C)NC1=O. The van der Waals surface area contributed by atoms with E-state index in [1.54, 1.807) is 27.7 Å². The molecule has 0 unspecified atom stereocenters. The zero-order valence-electron chi connectivity index (χ0n) is 12.3. The Hall–Kier alpha value is -2.32. The van der Waals surface area contributed by atoms with Crippen molar-refractivity contribution < 1.29 is 28.7 Å². The minimum Gasteiger partial charge on any atom is -0.464 e. The quantitative estimate of drug-likeness (QED) is 0.454. The van der Waals surface area contributed by atoms with E-state index in [1.807, 2.05) is 0 Å². The number of esters is 1. The molecule has 0 aromatic heterocycles. The standard InChI is InChI=1S/C12H19N3O6/c1-5-20-10(18)6-8(16)14-7(9(17)13-6)15-11(19)21-12(2,3)4/h6-7H,5H2,1-4H3,(H,13,17)(H,14,16)(H,15,19)/t6-,7+/m0/s1. The summed E-state index contributed by atoms with van der Waals surface area (Å²) in [6.45, 7) is 6.63. The van der Waals surface area contributed by atoms with Gasteiger partial charge in [0.1, 0.15) is 5.60 Å². The van der Waals surface area contributed by atoms with Gasteiger partial charge in [0.15, 0.2) is 6.17 Å². The fourth-order valence-corrected chi connectivity index (χ4v) is 1.50. The lowest BCUT2D eigenvalue weighted by molar-refractivity contribution is -0.154. The van der Waals surface area contributed by atoms with Crippen molar-refractivity contribution in [1.29, 1.82) is 0 Å². The molecule has 0 radical (unpaired) electrons. The van der Waals surface area contributed by atoms with Crippen LogP contribution in [-0.4, -0.2) is 48.3 Å². The Kier molecular flexibility index (Phi) is 5.12. The minimum absolute atomic E-state index is 0.0814. The average Bonchev–Trinajstić information content (AvgIpc) is 2.31. The topological polar surface area (TPSA) is 123 Å². The van der Waals surface area contributed by atoms with E-state index >= 15 is 0 Å². The van der Waals surface area contributed by atoms with Gasteiger partial charge in [0, 0.05) is 0 Å². The number of alkyl carbamates (subject to hydrolysis) is 1. The maximum Gasteiger partial charge on any atom is 0.409 e. The smallest absolute Gasteiger partial charge is 0.409 e. The van der Waals surface area contributed by atoms with Crippen LogP contribution >= 0.6 is 0 Å². The summed E-state index contributed by atoms with van der Waals surface area (Å²) >= 11 is 0. The van der Waals surface area contributed by atoms with E-state index in [4.69, 9.17) is 4.74 Å². The van der Waals surface area contributed by atoms with Crippen LogP contribution in [0.3, 0.4) is 0 Å². The van der Waals surface area contributed by atoms with Crippen LogP contribution in [0.1, 0.15) is 27.7 Å². The molecule has 0 aromatic rings. The van der Waals surface area contributed by atoms with E-state index in [-0.39, 0.29) is 6.61 Å². The summed E-state index contributed by atoms with van der Waals surface area (Å²) in [6, 6.07) is -1.42.